The number of aryl methyl sites for hydroxylation is 2. The first-order valence-electron chi connectivity index (χ1n) is 10.2. The molecule has 0 fully saturated rings. The highest BCUT2D eigenvalue weighted by atomic mass is 35.5. The van der Waals surface area contributed by atoms with Gasteiger partial charge in [-0.05, 0) is 91.0 Å². The fourth-order valence-corrected chi connectivity index (χ4v) is 6.80. The van der Waals surface area contributed by atoms with E-state index < -0.39 is 20.0 Å². The molecule has 0 unspecified atom stereocenters. The zero-order chi connectivity index (χ0) is 25.7. The molecule has 0 saturated heterocycles. The standard InChI is InChI=1S/C24H20Cl2N2O5S2/c1-14-9-17(25)4-7-22(14)28(23-8-5-18(26)10-15(23)2)35(32,33)24-13-20(34(27,30)31)11-16-3-6-19(29)12-21(16)24/h3-13,29H,1-2H3,(H2,27,30,31). The van der Waals surface area contributed by atoms with Crippen LogP contribution in [0.1, 0.15) is 11.1 Å². The molecule has 3 N–H and O–H groups in total. The van der Waals surface area contributed by atoms with E-state index in [1.165, 1.54) is 24.3 Å². The molecule has 0 saturated carbocycles. The summed E-state index contributed by atoms with van der Waals surface area (Å²) < 4.78 is 54.2. The molecule has 11 heteroatoms. The van der Waals surface area contributed by atoms with Gasteiger partial charge in [-0.15, -0.1) is 0 Å². The third-order valence-corrected chi connectivity index (χ3v) is 8.61. The van der Waals surface area contributed by atoms with Gasteiger partial charge in [-0.3, -0.25) is 0 Å². The van der Waals surface area contributed by atoms with Gasteiger partial charge in [-0.1, -0.05) is 29.3 Å². The summed E-state index contributed by atoms with van der Waals surface area (Å²) in [5.41, 5.74) is 1.72. The van der Waals surface area contributed by atoms with Gasteiger partial charge in [0.25, 0.3) is 10.0 Å². The Bertz CT molecular complexity index is 1650. The molecule has 0 atom stereocenters. The lowest BCUT2D eigenvalue weighted by atomic mass is 10.1. The van der Waals surface area contributed by atoms with Crippen molar-refractivity contribution in [2.24, 2.45) is 5.14 Å². The molecule has 0 aliphatic rings. The van der Waals surface area contributed by atoms with Gasteiger partial charge in [0.1, 0.15) is 5.75 Å². The maximum Gasteiger partial charge on any atom is 0.269 e. The number of anilines is 2. The summed E-state index contributed by atoms with van der Waals surface area (Å²) in [4.78, 5) is -0.728. The van der Waals surface area contributed by atoms with Crippen molar-refractivity contribution in [1.29, 1.82) is 0 Å². The second-order valence-corrected chi connectivity index (χ2v) is 12.2. The number of benzene rings is 4. The molecule has 0 aromatic heterocycles. The van der Waals surface area contributed by atoms with Crippen molar-refractivity contribution >= 4 is 65.4 Å². The van der Waals surface area contributed by atoms with E-state index in [-0.39, 0.29) is 26.3 Å². The molecule has 0 spiro atoms. The summed E-state index contributed by atoms with van der Waals surface area (Å²) in [6.07, 6.45) is 0. The van der Waals surface area contributed by atoms with Crippen molar-refractivity contribution in [3.63, 3.8) is 0 Å². The summed E-state index contributed by atoms with van der Waals surface area (Å²) >= 11 is 12.2. The van der Waals surface area contributed by atoms with Gasteiger partial charge >= 0.3 is 0 Å². The van der Waals surface area contributed by atoms with Crippen LogP contribution in [0.3, 0.4) is 0 Å². The molecule has 0 heterocycles. The van der Waals surface area contributed by atoms with E-state index in [1.807, 2.05) is 0 Å². The smallest absolute Gasteiger partial charge is 0.269 e. The second kappa shape index (κ2) is 9.00. The van der Waals surface area contributed by atoms with Crippen LogP contribution in [0, 0.1) is 13.8 Å². The molecule has 0 radical (unpaired) electrons. The fourth-order valence-electron chi connectivity index (χ4n) is 3.84. The Kier molecular flexibility index (Phi) is 6.50. The molecule has 35 heavy (non-hydrogen) atoms. The maximum atomic E-state index is 14.4. The molecule has 182 valence electrons. The molecule has 7 nitrogen and oxygen atoms in total. The van der Waals surface area contributed by atoms with Gasteiger partial charge in [0.15, 0.2) is 0 Å². The van der Waals surface area contributed by atoms with Gasteiger partial charge in [0.05, 0.1) is 21.2 Å². The van der Waals surface area contributed by atoms with E-state index >= 15 is 0 Å². The number of aromatic hydroxyl groups is 1. The van der Waals surface area contributed by atoms with E-state index in [4.69, 9.17) is 28.3 Å². The summed E-state index contributed by atoms with van der Waals surface area (Å²) in [7, 11) is -8.74. The lowest BCUT2D eigenvalue weighted by Gasteiger charge is -2.28. The van der Waals surface area contributed by atoms with Crippen molar-refractivity contribution in [2.45, 2.75) is 23.6 Å². The highest BCUT2D eigenvalue weighted by molar-refractivity contribution is 7.93. The largest absolute Gasteiger partial charge is 0.508 e. The van der Waals surface area contributed by atoms with Crippen LogP contribution in [0.15, 0.2) is 76.5 Å². The Hall–Kier alpha value is -2.82. The summed E-state index contributed by atoms with van der Waals surface area (Å²) in [6, 6.07) is 15.7. The fraction of sp³-hybridized carbons (Fsp3) is 0.0833. The number of primary sulfonamides is 1. The summed E-state index contributed by atoms with van der Waals surface area (Å²) in [5.74, 6) is -0.186. The molecule has 0 bridgehead atoms. The zero-order valence-corrected chi connectivity index (χ0v) is 21.7. The Morgan fingerprint density at radius 3 is 1.80 bits per heavy atom. The summed E-state index contributed by atoms with van der Waals surface area (Å²) in [5, 5.41) is 16.7. The van der Waals surface area contributed by atoms with E-state index in [9.17, 15) is 21.9 Å². The predicted molar refractivity (Wildman–Crippen MR) is 139 cm³/mol. The first kappa shape index (κ1) is 25.3. The molecule has 0 amide bonds. The molecular formula is C24H20Cl2N2O5S2. The molecule has 4 rings (SSSR count). The van der Waals surface area contributed by atoms with Gasteiger partial charge in [0, 0.05) is 15.4 Å². The van der Waals surface area contributed by atoms with Crippen LogP contribution >= 0.6 is 23.2 Å². The van der Waals surface area contributed by atoms with Crippen LogP contribution in [-0.4, -0.2) is 21.9 Å². The number of sulfonamides is 2. The SMILES string of the molecule is Cc1cc(Cl)ccc1N(c1ccc(Cl)cc1C)S(=O)(=O)c1cc(S(N)(=O)=O)cc2ccc(O)cc12. The van der Waals surface area contributed by atoms with Crippen LogP contribution in [0.25, 0.3) is 10.8 Å². The van der Waals surface area contributed by atoms with E-state index in [0.717, 1.165) is 10.4 Å². The van der Waals surface area contributed by atoms with Crippen LogP contribution in [0.4, 0.5) is 11.4 Å². The minimum Gasteiger partial charge on any atom is -0.508 e. The third-order valence-electron chi connectivity index (χ3n) is 5.48. The highest BCUT2D eigenvalue weighted by Gasteiger charge is 2.32. The quantitative estimate of drug-likeness (QED) is 0.333. The number of halogens is 2. The number of fused-ring (bicyclic) bond motifs is 1. The van der Waals surface area contributed by atoms with Gasteiger partial charge in [0.2, 0.25) is 10.0 Å². The average Bonchev–Trinajstić information content (AvgIpc) is 2.75. The van der Waals surface area contributed by atoms with Crippen molar-refractivity contribution in [3.05, 3.63) is 87.9 Å². The van der Waals surface area contributed by atoms with Crippen LogP contribution in [0.5, 0.6) is 5.75 Å². The number of phenolic OH excluding ortho intramolecular Hbond substituents is 1. The number of nitrogens with zero attached hydrogens (tertiary/aromatic N) is 1. The monoisotopic (exact) mass is 550 g/mol. The molecular weight excluding hydrogens is 531 g/mol. The average molecular weight is 551 g/mol. The van der Waals surface area contributed by atoms with Gasteiger partial charge in [-0.2, -0.15) is 0 Å². The minimum absolute atomic E-state index is 0.126. The molecule has 0 aliphatic heterocycles. The van der Waals surface area contributed by atoms with E-state index in [1.54, 1.807) is 50.2 Å². The number of hydrogen-bond acceptors (Lipinski definition) is 5. The highest BCUT2D eigenvalue weighted by Crippen LogP contribution is 2.40. The normalized spacial score (nSPS) is 12.1. The first-order valence-corrected chi connectivity index (χ1v) is 13.9. The van der Waals surface area contributed by atoms with Crippen LogP contribution in [-0.2, 0) is 20.0 Å². The molecule has 0 aliphatic carbocycles. The van der Waals surface area contributed by atoms with E-state index in [0.29, 0.717) is 32.5 Å². The Morgan fingerprint density at radius 1 is 0.771 bits per heavy atom. The Labute approximate surface area is 213 Å². The van der Waals surface area contributed by atoms with Crippen molar-refractivity contribution < 1.29 is 21.9 Å². The maximum absolute atomic E-state index is 14.4. The Balaban J connectivity index is 2.13. The van der Waals surface area contributed by atoms with Crippen molar-refractivity contribution in [3.8, 4) is 5.75 Å². The lowest BCUT2D eigenvalue weighted by Crippen LogP contribution is -2.28. The van der Waals surface area contributed by atoms with Crippen LogP contribution in [0.2, 0.25) is 10.0 Å². The topological polar surface area (TPSA) is 118 Å². The third kappa shape index (κ3) is 4.82. The zero-order valence-electron chi connectivity index (χ0n) is 18.5. The van der Waals surface area contributed by atoms with Gasteiger partial charge in [-0.25, -0.2) is 26.3 Å². The van der Waals surface area contributed by atoms with Crippen LogP contribution < -0.4 is 9.44 Å². The van der Waals surface area contributed by atoms with Gasteiger partial charge < -0.3 is 5.11 Å². The lowest BCUT2D eigenvalue weighted by molar-refractivity contribution is 0.476. The molecule has 4 aromatic rings. The van der Waals surface area contributed by atoms with Crippen molar-refractivity contribution in [1.82, 2.24) is 0 Å². The number of nitrogens with two attached hydrogens (primary N) is 1. The molecule has 4 aromatic carbocycles. The summed E-state index contributed by atoms with van der Waals surface area (Å²) in [6.45, 7) is 3.42. The Morgan fingerprint density at radius 2 is 1.31 bits per heavy atom. The van der Waals surface area contributed by atoms with Crippen molar-refractivity contribution in [2.75, 3.05) is 4.31 Å². The van der Waals surface area contributed by atoms with E-state index in [2.05, 4.69) is 0 Å². The number of hydrogen-bond donors (Lipinski definition) is 2. The first-order chi connectivity index (χ1) is 16.3. The minimum atomic E-state index is -4.49. The number of phenols is 1. The number of rotatable bonds is 5. The second-order valence-electron chi connectivity index (χ2n) is 8.00. The predicted octanol–water partition coefficient (Wildman–Crippen LogP) is 5.64.